The molecule has 0 spiro atoms. The zero-order chi connectivity index (χ0) is 14.1. The largest absolute Gasteiger partial charge is 0.304 e. The van der Waals surface area contributed by atoms with Crippen LogP contribution in [0.1, 0.15) is 33.1 Å². The molecule has 2 heterocycles. The molecule has 0 saturated carbocycles. The third kappa shape index (κ3) is 7.28. The molecule has 1 radical (unpaired) electrons. The SMILES string of the molecule is CCN1CCC(C)CC1.[CH2]CCN1CCN(C)CC1. The third-order valence-electron chi connectivity index (χ3n) is 4.39. The van der Waals surface area contributed by atoms with Crippen LogP contribution in [-0.4, -0.2) is 74.1 Å². The maximum Gasteiger partial charge on any atom is 0.0110 e. The maximum absolute atomic E-state index is 3.84. The first-order chi connectivity index (χ1) is 9.15. The van der Waals surface area contributed by atoms with E-state index in [4.69, 9.17) is 0 Å². The number of piperazine rings is 1. The van der Waals surface area contributed by atoms with Crippen LogP contribution in [0, 0.1) is 12.8 Å². The summed E-state index contributed by atoms with van der Waals surface area (Å²) >= 11 is 0. The lowest BCUT2D eigenvalue weighted by molar-refractivity contribution is 0.156. The van der Waals surface area contributed by atoms with Crippen molar-refractivity contribution in [3.05, 3.63) is 6.92 Å². The fraction of sp³-hybridized carbons (Fsp3) is 0.938. The van der Waals surface area contributed by atoms with E-state index in [0.29, 0.717) is 0 Å². The molecule has 0 aliphatic carbocycles. The predicted octanol–water partition coefficient (Wildman–Crippen LogP) is 2.20. The summed E-state index contributed by atoms with van der Waals surface area (Å²) in [7, 11) is 2.18. The van der Waals surface area contributed by atoms with Gasteiger partial charge in [0, 0.05) is 26.2 Å². The summed E-state index contributed by atoms with van der Waals surface area (Å²) in [6, 6.07) is 0. The Morgan fingerprint density at radius 1 is 0.947 bits per heavy atom. The van der Waals surface area contributed by atoms with Crippen LogP contribution in [0.3, 0.4) is 0 Å². The molecule has 0 aromatic heterocycles. The molecular formula is C16H34N3. The van der Waals surface area contributed by atoms with Crippen LogP contribution in [0.4, 0.5) is 0 Å². The second-order valence-electron chi connectivity index (χ2n) is 6.12. The van der Waals surface area contributed by atoms with E-state index in [1.807, 2.05) is 0 Å². The van der Waals surface area contributed by atoms with Crippen LogP contribution in [0.25, 0.3) is 0 Å². The van der Waals surface area contributed by atoms with Gasteiger partial charge in [-0.3, -0.25) is 0 Å². The van der Waals surface area contributed by atoms with E-state index in [2.05, 4.69) is 42.5 Å². The van der Waals surface area contributed by atoms with Crippen molar-refractivity contribution in [3.63, 3.8) is 0 Å². The monoisotopic (exact) mass is 268 g/mol. The minimum absolute atomic E-state index is 0.979. The Hall–Kier alpha value is -0.120. The lowest BCUT2D eigenvalue weighted by Gasteiger charge is -2.31. The molecule has 3 heteroatoms. The normalized spacial score (nSPS) is 24.0. The van der Waals surface area contributed by atoms with Crippen molar-refractivity contribution in [1.29, 1.82) is 0 Å². The Morgan fingerprint density at radius 2 is 1.53 bits per heavy atom. The van der Waals surface area contributed by atoms with Crippen molar-refractivity contribution in [2.24, 2.45) is 5.92 Å². The first kappa shape index (κ1) is 16.9. The molecule has 2 rings (SSSR count). The molecule has 2 saturated heterocycles. The van der Waals surface area contributed by atoms with Crippen LogP contribution in [0.5, 0.6) is 0 Å². The van der Waals surface area contributed by atoms with Crippen LogP contribution >= 0.6 is 0 Å². The van der Waals surface area contributed by atoms with Gasteiger partial charge in [-0.25, -0.2) is 0 Å². The van der Waals surface area contributed by atoms with Crippen molar-refractivity contribution >= 4 is 0 Å². The first-order valence-corrected chi connectivity index (χ1v) is 8.08. The summed E-state index contributed by atoms with van der Waals surface area (Å²) in [5.74, 6) is 0.979. The maximum atomic E-state index is 3.84. The lowest BCUT2D eigenvalue weighted by atomic mass is 9.99. The smallest absolute Gasteiger partial charge is 0.0110 e. The quantitative estimate of drug-likeness (QED) is 0.777. The molecule has 3 nitrogen and oxygen atoms in total. The highest BCUT2D eigenvalue weighted by atomic mass is 15.2. The van der Waals surface area contributed by atoms with E-state index in [-0.39, 0.29) is 0 Å². The van der Waals surface area contributed by atoms with Crippen LogP contribution in [-0.2, 0) is 0 Å². The number of hydrogen-bond acceptors (Lipinski definition) is 3. The van der Waals surface area contributed by atoms with E-state index in [1.54, 1.807) is 0 Å². The molecule has 0 atom stereocenters. The highest BCUT2D eigenvalue weighted by molar-refractivity contribution is 4.69. The third-order valence-corrected chi connectivity index (χ3v) is 4.39. The van der Waals surface area contributed by atoms with E-state index in [9.17, 15) is 0 Å². The Balaban J connectivity index is 0.000000191. The number of nitrogens with zero attached hydrogens (tertiary/aromatic N) is 3. The van der Waals surface area contributed by atoms with Crippen LogP contribution < -0.4 is 0 Å². The van der Waals surface area contributed by atoms with E-state index < -0.39 is 0 Å². The summed E-state index contributed by atoms with van der Waals surface area (Å²) in [5.41, 5.74) is 0. The Morgan fingerprint density at radius 3 is 2.00 bits per heavy atom. The van der Waals surface area contributed by atoms with Gasteiger partial charge in [0.25, 0.3) is 0 Å². The fourth-order valence-electron chi connectivity index (χ4n) is 2.67. The summed E-state index contributed by atoms with van der Waals surface area (Å²) in [4.78, 5) is 7.38. The van der Waals surface area contributed by atoms with E-state index in [0.717, 1.165) is 12.3 Å². The second kappa shape index (κ2) is 9.73. The molecule has 113 valence electrons. The molecule has 0 bridgehead atoms. The average molecular weight is 268 g/mol. The Labute approximate surface area is 120 Å². The standard InChI is InChI=1S/C8H17N2.C8H17N/c1-3-4-10-7-5-9(2)6-8-10;1-3-9-6-4-8(2)5-7-9/h1,3-8H2,2H3;8H,3-7H2,1-2H3. The second-order valence-corrected chi connectivity index (χ2v) is 6.12. The van der Waals surface area contributed by atoms with Crippen LogP contribution in [0.2, 0.25) is 0 Å². The molecule has 0 aromatic rings. The Kier molecular flexibility index (Phi) is 8.67. The van der Waals surface area contributed by atoms with Gasteiger partial charge < -0.3 is 14.7 Å². The van der Waals surface area contributed by atoms with Gasteiger partial charge in [0.2, 0.25) is 0 Å². The molecule has 0 aromatic carbocycles. The lowest BCUT2D eigenvalue weighted by Crippen LogP contribution is -2.44. The molecule has 0 amide bonds. The molecular weight excluding hydrogens is 234 g/mol. The molecule has 0 N–H and O–H groups in total. The van der Waals surface area contributed by atoms with Gasteiger partial charge >= 0.3 is 0 Å². The van der Waals surface area contributed by atoms with Gasteiger partial charge in [-0.1, -0.05) is 20.8 Å². The topological polar surface area (TPSA) is 9.72 Å². The van der Waals surface area contributed by atoms with Gasteiger partial charge in [-0.2, -0.15) is 0 Å². The zero-order valence-corrected chi connectivity index (χ0v) is 13.4. The fourth-order valence-corrected chi connectivity index (χ4v) is 2.67. The first-order valence-electron chi connectivity index (χ1n) is 8.08. The number of hydrogen-bond donors (Lipinski definition) is 0. The Bertz CT molecular complexity index is 204. The van der Waals surface area contributed by atoms with E-state index in [1.165, 1.54) is 65.2 Å². The number of likely N-dealkylation sites (N-methyl/N-ethyl adjacent to an activating group) is 1. The van der Waals surface area contributed by atoms with Crippen molar-refractivity contribution in [3.8, 4) is 0 Å². The van der Waals surface area contributed by atoms with Crippen LogP contribution in [0.15, 0.2) is 0 Å². The summed E-state index contributed by atoms with van der Waals surface area (Å²) in [6.07, 6.45) is 3.87. The molecule has 2 fully saturated rings. The number of piperidine rings is 1. The summed E-state index contributed by atoms with van der Waals surface area (Å²) in [5, 5.41) is 0. The van der Waals surface area contributed by atoms with Crippen molar-refractivity contribution in [1.82, 2.24) is 14.7 Å². The summed E-state index contributed by atoms with van der Waals surface area (Å²) < 4.78 is 0. The van der Waals surface area contributed by atoms with Gasteiger partial charge in [-0.05, 0) is 58.4 Å². The average Bonchev–Trinajstić information content (AvgIpc) is 2.43. The van der Waals surface area contributed by atoms with Gasteiger partial charge in [-0.15, -0.1) is 0 Å². The predicted molar refractivity (Wildman–Crippen MR) is 84.4 cm³/mol. The zero-order valence-electron chi connectivity index (χ0n) is 13.4. The van der Waals surface area contributed by atoms with Crippen molar-refractivity contribution in [2.75, 3.05) is 59.4 Å². The van der Waals surface area contributed by atoms with Crippen molar-refractivity contribution < 1.29 is 0 Å². The molecule has 2 aliphatic heterocycles. The molecule has 2 aliphatic rings. The number of rotatable bonds is 3. The van der Waals surface area contributed by atoms with Crippen molar-refractivity contribution in [2.45, 2.75) is 33.1 Å². The minimum Gasteiger partial charge on any atom is -0.304 e. The molecule has 0 unspecified atom stereocenters. The van der Waals surface area contributed by atoms with Gasteiger partial charge in [0.1, 0.15) is 0 Å². The van der Waals surface area contributed by atoms with Gasteiger partial charge in [0.05, 0.1) is 0 Å². The molecule has 19 heavy (non-hydrogen) atoms. The minimum atomic E-state index is 0.979. The summed E-state index contributed by atoms with van der Waals surface area (Å²) in [6.45, 7) is 18.4. The highest BCUT2D eigenvalue weighted by Gasteiger charge is 2.13. The van der Waals surface area contributed by atoms with Gasteiger partial charge in [0.15, 0.2) is 0 Å². The highest BCUT2D eigenvalue weighted by Crippen LogP contribution is 2.14. The van der Waals surface area contributed by atoms with E-state index >= 15 is 0 Å². The number of likely N-dealkylation sites (tertiary alicyclic amines) is 1.